The van der Waals surface area contributed by atoms with E-state index in [2.05, 4.69) is 5.32 Å². The number of nitriles is 1. The van der Waals surface area contributed by atoms with E-state index in [1.807, 2.05) is 0 Å². The molecule has 72 valence electrons. The molecule has 1 amide bonds. The molecule has 0 aromatic heterocycles. The van der Waals surface area contributed by atoms with E-state index in [1.54, 1.807) is 6.07 Å². The SMILES string of the molecule is C[C@H](C#N)NC(=O)C1CCC1(F)F. The Morgan fingerprint density at radius 2 is 2.38 bits per heavy atom. The van der Waals surface area contributed by atoms with Gasteiger partial charge in [0.15, 0.2) is 0 Å². The van der Waals surface area contributed by atoms with Gasteiger partial charge in [-0.3, -0.25) is 4.79 Å². The number of rotatable bonds is 2. The molecule has 1 saturated carbocycles. The van der Waals surface area contributed by atoms with Crippen molar-refractivity contribution in [1.82, 2.24) is 5.32 Å². The van der Waals surface area contributed by atoms with Gasteiger partial charge in [-0.1, -0.05) is 0 Å². The van der Waals surface area contributed by atoms with Gasteiger partial charge in [-0.05, 0) is 13.3 Å². The Kier molecular flexibility index (Phi) is 2.50. The second-order valence-electron chi connectivity index (χ2n) is 3.21. The number of alkyl halides is 2. The highest BCUT2D eigenvalue weighted by Gasteiger charge is 2.52. The van der Waals surface area contributed by atoms with Gasteiger partial charge >= 0.3 is 0 Å². The van der Waals surface area contributed by atoms with Crippen LogP contribution in [-0.2, 0) is 4.79 Å². The molecule has 0 bridgehead atoms. The molecule has 5 heteroatoms. The summed E-state index contributed by atoms with van der Waals surface area (Å²) in [5, 5.41) is 10.5. The molecule has 1 fully saturated rings. The van der Waals surface area contributed by atoms with E-state index in [9.17, 15) is 13.6 Å². The van der Waals surface area contributed by atoms with Crippen molar-refractivity contribution in [2.75, 3.05) is 0 Å². The Labute approximate surface area is 74.7 Å². The van der Waals surface area contributed by atoms with E-state index < -0.39 is 23.8 Å². The molecule has 13 heavy (non-hydrogen) atoms. The van der Waals surface area contributed by atoms with Crippen LogP contribution in [0.2, 0.25) is 0 Å². The summed E-state index contributed by atoms with van der Waals surface area (Å²) in [7, 11) is 0. The lowest BCUT2D eigenvalue weighted by Gasteiger charge is -2.35. The fourth-order valence-corrected chi connectivity index (χ4v) is 1.18. The summed E-state index contributed by atoms with van der Waals surface area (Å²) in [5.74, 6) is -4.83. The smallest absolute Gasteiger partial charge is 0.259 e. The third-order valence-corrected chi connectivity index (χ3v) is 2.15. The Morgan fingerprint density at radius 1 is 1.77 bits per heavy atom. The fraction of sp³-hybridized carbons (Fsp3) is 0.750. The normalized spacial score (nSPS) is 26.8. The lowest BCUT2D eigenvalue weighted by molar-refractivity contribution is -0.162. The van der Waals surface area contributed by atoms with Crippen LogP contribution in [0, 0.1) is 17.2 Å². The number of carbonyl (C=O) groups is 1. The number of hydrogen-bond donors (Lipinski definition) is 1. The van der Waals surface area contributed by atoms with E-state index in [0.717, 1.165) is 0 Å². The van der Waals surface area contributed by atoms with Gasteiger partial charge in [0, 0.05) is 6.42 Å². The molecule has 0 radical (unpaired) electrons. The minimum absolute atomic E-state index is 0.205. The zero-order valence-electron chi connectivity index (χ0n) is 7.18. The molecule has 0 heterocycles. The number of nitrogens with zero attached hydrogens (tertiary/aromatic N) is 1. The van der Waals surface area contributed by atoms with Crippen LogP contribution in [0.4, 0.5) is 8.78 Å². The first-order chi connectivity index (χ1) is 5.97. The Bertz CT molecular complexity index is 259. The first-order valence-corrected chi connectivity index (χ1v) is 4.05. The second kappa shape index (κ2) is 3.29. The first kappa shape index (κ1) is 9.90. The van der Waals surface area contributed by atoms with Gasteiger partial charge in [0.2, 0.25) is 5.91 Å². The molecule has 3 nitrogen and oxygen atoms in total. The lowest BCUT2D eigenvalue weighted by Crippen LogP contribution is -2.50. The molecule has 0 spiro atoms. The lowest BCUT2D eigenvalue weighted by atomic mass is 9.80. The summed E-state index contributed by atoms with van der Waals surface area (Å²) >= 11 is 0. The highest BCUT2D eigenvalue weighted by atomic mass is 19.3. The second-order valence-corrected chi connectivity index (χ2v) is 3.21. The van der Waals surface area contributed by atoms with E-state index in [4.69, 9.17) is 5.26 Å². The Hall–Kier alpha value is -1.18. The van der Waals surface area contributed by atoms with E-state index in [-0.39, 0.29) is 12.8 Å². The molecule has 1 N–H and O–H groups in total. The maximum Gasteiger partial charge on any atom is 0.259 e. The average molecular weight is 188 g/mol. The van der Waals surface area contributed by atoms with Gasteiger partial charge in [-0.15, -0.1) is 0 Å². The van der Waals surface area contributed by atoms with Crippen LogP contribution in [0.5, 0.6) is 0 Å². The standard InChI is InChI=1S/C8H10F2N2O/c1-5(4-11)12-7(13)6-2-3-8(6,9)10/h5-6H,2-3H2,1H3,(H,12,13)/t5-,6?/m1/s1. The monoisotopic (exact) mass is 188 g/mol. The van der Waals surface area contributed by atoms with Gasteiger partial charge in [0.1, 0.15) is 12.0 Å². The molecular weight excluding hydrogens is 178 g/mol. The van der Waals surface area contributed by atoms with Crippen molar-refractivity contribution in [1.29, 1.82) is 5.26 Å². The largest absolute Gasteiger partial charge is 0.340 e. The van der Waals surface area contributed by atoms with Crippen LogP contribution in [0.15, 0.2) is 0 Å². The van der Waals surface area contributed by atoms with Crippen LogP contribution in [0.1, 0.15) is 19.8 Å². The van der Waals surface area contributed by atoms with Crippen LogP contribution in [0.25, 0.3) is 0 Å². The van der Waals surface area contributed by atoms with Crippen molar-refractivity contribution in [3.8, 4) is 6.07 Å². The summed E-state index contributed by atoms with van der Waals surface area (Å²) < 4.78 is 25.3. The van der Waals surface area contributed by atoms with Gasteiger partial charge in [0.05, 0.1) is 6.07 Å². The van der Waals surface area contributed by atoms with Crippen LogP contribution < -0.4 is 5.32 Å². The maximum atomic E-state index is 12.7. The highest BCUT2D eigenvalue weighted by molar-refractivity contribution is 5.81. The van der Waals surface area contributed by atoms with Crippen molar-refractivity contribution in [3.63, 3.8) is 0 Å². The average Bonchev–Trinajstić information content (AvgIpc) is 2.02. The minimum Gasteiger partial charge on any atom is -0.340 e. The van der Waals surface area contributed by atoms with Crippen molar-refractivity contribution in [2.45, 2.75) is 31.7 Å². The Balaban J connectivity index is 2.46. The highest BCUT2D eigenvalue weighted by Crippen LogP contribution is 2.43. The molecular formula is C8H10F2N2O. The van der Waals surface area contributed by atoms with Crippen LogP contribution >= 0.6 is 0 Å². The van der Waals surface area contributed by atoms with Gasteiger partial charge < -0.3 is 5.32 Å². The maximum absolute atomic E-state index is 12.7. The summed E-state index contributed by atoms with van der Waals surface area (Å²) in [6, 6.07) is 1.04. The van der Waals surface area contributed by atoms with Crippen molar-refractivity contribution < 1.29 is 13.6 Å². The van der Waals surface area contributed by atoms with Gasteiger partial charge in [0.25, 0.3) is 5.92 Å². The van der Waals surface area contributed by atoms with E-state index >= 15 is 0 Å². The summed E-state index contributed by atoms with van der Waals surface area (Å²) in [6.45, 7) is 1.45. The number of hydrogen-bond acceptors (Lipinski definition) is 2. The third kappa shape index (κ3) is 1.94. The number of carbonyl (C=O) groups excluding carboxylic acids is 1. The predicted molar refractivity (Wildman–Crippen MR) is 40.9 cm³/mol. The van der Waals surface area contributed by atoms with Crippen LogP contribution in [-0.4, -0.2) is 17.9 Å². The zero-order chi connectivity index (χ0) is 10.1. The number of amides is 1. The molecule has 0 aliphatic heterocycles. The molecule has 1 unspecified atom stereocenters. The number of nitrogens with one attached hydrogen (secondary N) is 1. The number of halogens is 2. The van der Waals surface area contributed by atoms with Crippen molar-refractivity contribution in [3.05, 3.63) is 0 Å². The quantitative estimate of drug-likeness (QED) is 0.704. The molecule has 1 rings (SSSR count). The van der Waals surface area contributed by atoms with Crippen molar-refractivity contribution >= 4 is 5.91 Å². The predicted octanol–water partition coefficient (Wildman–Crippen LogP) is 1.06. The van der Waals surface area contributed by atoms with Gasteiger partial charge in [-0.25, -0.2) is 8.78 Å². The zero-order valence-corrected chi connectivity index (χ0v) is 7.18. The van der Waals surface area contributed by atoms with E-state index in [1.165, 1.54) is 6.92 Å². The molecule has 2 atom stereocenters. The molecule has 1 aliphatic carbocycles. The first-order valence-electron chi connectivity index (χ1n) is 4.05. The molecule has 0 aromatic carbocycles. The topological polar surface area (TPSA) is 52.9 Å². The summed E-state index contributed by atoms with van der Waals surface area (Å²) in [4.78, 5) is 11.1. The summed E-state index contributed by atoms with van der Waals surface area (Å²) in [6.07, 6.45) is -0.0248. The Morgan fingerprint density at radius 3 is 2.69 bits per heavy atom. The molecule has 0 aromatic rings. The van der Waals surface area contributed by atoms with E-state index in [0.29, 0.717) is 0 Å². The molecule has 0 saturated heterocycles. The third-order valence-electron chi connectivity index (χ3n) is 2.15. The summed E-state index contributed by atoms with van der Waals surface area (Å²) in [5.41, 5.74) is 0. The van der Waals surface area contributed by atoms with Crippen LogP contribution in [0.3, 0.4) is 0 Å². The van der Waals surface area contributed by atoms with Crippen molar-refractivity contribution in [2.24, 2.45) is 5.92 Å². The minimum atomic E-state index is -2.88. The molecule has 1 aliphatic rings. The fourth-order valence-electron chi connectivity index (χ4n) is 1.18. The van der Waals surface area contributed by atoms with Gasteiger partial charge in [-0.2, -0.15) is 5.26 Å².